The van der Waals surface area contributed by atoms with Crippen LogP contribution in [-0.4, -0.2) is 32.1 Å². The molecule has 1 aromatic heterocycles. The third-order valence-electron chi connectivity index (χ3n) is 4.08. The number of methoxy groups -OCH3 is 1. The number of amides is 2. The third kappa shape index (κ3) is 5.95. The van der Waals surface area contributed by atoms with Gasteiger partial charge in [0.1, 0.15) is 18.1 Å². The van der Waals surface area contributed by atoms with Crippen LogP contribution >= 0.6 is 0 Å². The lowest BCUT2D eigenvalue weighted by Crippen LogP contribution is -2.22. The number of anilines is 1. The third-order valence-corrected chi connectivity index (χ3v) is 4.08. The van der Waals surface area contributed by atoms with Gasteiger partial charge in [0.25, 0.3) is 11.8 Å². The maximum absolute atomic E-state index is 12.4. The number of furan rings is 1. The van der Waals surface area contributed by atoms with E-state index in [2.05, 4.69) is 10.6 Å². The van der Waals surface area contributed by atoms with Gasteiger partial charge in [0.2, 0.25) is 0 Å². The summed E-state index contributed by atoms with van der Waals surface area (Å²) in [6.45, 7) is 1.26. The molecule has 0 spiro atoms. The zero-order valence-corrected chi connectivity index (χ0v) is 16.0. The Hall–Kier alpha value is -3.58. The Labute approximate surface area is 168 Å². The molecule has 7 nitrogen and oxygen atoms in total. The molecule has 0 saturated heterocycles. The van der Waals surface area contributed by atoms with Crippen LogP contribution in [0, 0.1) is 0 Å². The van der Waals surface area contributed by atoms with Crippen LogP contribution in [0.3, 0.4) is 0 Å². The van der Waals surface area contributed by atoms with Crippen LogP contribution in [0.2, 0.25) is 0 Å². The number of hydrogen-bond acceptors (Lipinski definition) is 5. The number of nitrogens with one attached hydrogen (secondary N) is 2. The Morgan fingerprint density at radius 1 is 0.897 bits per heavy atom. The van der Waals surface area contributed by atoms with Gasteiger partial charge in [-0.1, -0.05) is 0 Å². The molecule has 3 aromatic rings. The Morgan fingerprint density at radius 3 is 2.24 bits per heavy atom. The van der Waals surface area contributed by atoms with Gasteiger partial charge in [-0.2, -0.15) is 0 Å². The fourth-order valence-corrected chi connectivity index (χ4v) is 2.54. The van der Waals surface area contributed by atoms with E-state index < -0.39 is 0 Å². The summed E-state index contributed by atoms with van der Waals surface area (Å²) in [5, 5.41) is 5.58. The molecule has 0 saturated carbocycles. The summed E-state index contributed by atoms with van der Waals surface area (Å²) in [6, 6.07) is 17.1. The largest absolute Gasteiger partial charge is 0.491 e. The average Bonchev–Trinajstić information content (AvgIpc) is 3.27. The fraction of sp³-hybridized carbons (Fsp3) is 0.182. The first-order valence-corrected chi connectivity index (χ1v) is 9.09. The summed E-state index contributed by atoms with van der Waals surface area (Å²) in [6.07, 6.45) is 1.56. The van der Waals surface area contributed by atoms with Crippen LogP contribution in [0.25, 0.3) is 0 Å². The molecule has 0 fully saturated rings. The summed E-state index contributed by atoms with van der Waals surface area (Å²) in [7, 11) is 1.61. The highest BCUT2D eigenvalue weighted by molar-refractivity contribution is 6.04. The Bertz CT molecular complexity index is 919. The highest BCUT2D eigenvalue weighted by Crippen LogP contribution is 2.15. The highest BCUT2D eigenvalue weighted by atomic mass is 16.5. The van der Waals surface area contributed by atoms with E-state index in [0.29, 0.717) is 48.1 Å². The highest BCUT2D eigenvalue weighted by Gasteiger charge is 2.09. The van der Waals surface area contributed by atoms with E-state index in [0.717, 1.165) is 0 Å². The lowest BCUT2D eigenvalue weighted by molar-refractivity contribution is 0.0947. The van der Waals surface area contributed by atoms with Gasteiger partial charge in [-0.3, -0.25) is 9.59 Å². The quantitative estimate of drug-likeness (QED) is 0.542. The zero-order chi connectivity index (χ0) is 20.5. The van der Waals surface area contributed by atoms with Crippen molar-refractivity contribution in [3.8, 4) is 5.75 Å². The maximum atomic E-state index is 12.4. The molecule has 7 heteroatoms. The number of ether oxygens (including phenoxy) is 2. The molecule has 29 heavy (non-hydrogen) atoms. The van der Waals surface area contributed by atoms with Crippen LogP contribution in [0.5, 0.6) is 5.75 Å². The number of hydrogen-bond donors (Lipinski definition) is 2. The van der Waals surface area contributed by atoms with E-state index in [1.807, 2.05) is 0 Å². The van der Waals surface area contributed by atoms with Gasteiger partial charge in [-0.25, -0.2) is 0 Å². The first kappa shape index (κ1) is 20.2. The summed E-state index contributed by atoms with van der Waals surface area (Å²) < 4.78 is 15.6. The normalized spacial score (nSPS) is 10.4. The molecular formula is C22H22N2O5. The second kappa shape index (κ2) is 10.1. The van der Waals surface area contributed by atoms with Crippen LogP contribution in [0.4, 0.5) is 5.69 Å². The maximum Gasteiger partial charge on any atom is 0.255 e. The van der Waals surface area contributed by atoms with Crippen LogP contribution in [0.1, 0.15) is 26.5 Å². The van der Waals surface area contributed by atoms with E-state index in [1.54, 1.807) is 74.0 Å². The summed E-state index contributed by atoms with van der Waals surface area (Å²) in [5.74, 6) is 0.882. The zero-order valence-electron chi connectivity index (χ0n) is 16.0. The van der Waals surface area contributed by atoms with Crippen molar-refractivity contribution in [2.45, 2.75) is 6.54 Å². The molecule has 0 radical (unpaired) electrons. The van der Waals surface area contributed by atoms with Crippen molar-refractivity contribution >= 4 is 17.5 Å². The SMILES string of the molecule is COCCOc1ccc(C(=O)Nc2ccc(C(=O)NCc3ccco3)cc2)cc1. The summed E-state index contributed by atoms with van der Waals surface area (Å²) >= 11 is 0. The smallest absolute Gasteiger partial charge is 0.255 e. The van der Waals surface area contributed by atoms with Crippen molar-refractivity contribution in [1.29, 1.82) is 0 Å². The molecule has 1 heterocycles. The average molecular weight is 394 g/mol. The molecule has 0 bridgehead atoms. The van der Waals surface area contributed by atoms with Crippen molar-refractivity contribution in [2.75, 3.05) is 25.6 Å². The Balaban J connectivity index is 1.52. The molecule has 150 valence electrons. The predicted molar refractivity (Wildman–Crippen MR) is 108 cm³/mol. The minimum atomic E-state index is -0.247. The van der Waals surface area contributed by atoms with Gasteiger partial charge in [0.15, 0.2) is 0 Å². The Morgan fingerprint density at radius 2 is 1.59 bits per heavy atom. The van der Waals surface area contributed by atoms with E-state index >= 15 is 0 Å². The minimum Gasteiger partial charge on any atom is -0.491 e. The van der Waals surface area contributed by atoms with E-state index in [4.69, 9.17) is 13.9 Å². The van der Waals surface area contributed by atoms with Crippen molar-refractivity contribution in [2.24, 2.45) is 0 Å². The predicted octanol–water partition coefficient (Wildman–Crippen LogP) is 3.49. The van der Waals surface area contributed by atoms with Gasteiger partial charge in [0.05, 0.1) is 19.4 Å². The molecule has 0 unspecified atom stereocenters. The van der Waals surface area contributed by atoms with Gasteiger partial charge in [-0.05, 0) is 60.7 Å². The molecule has 0 atom stereocenters. The van der Waals surface area contributed by atoms with Crippen molar-refractivity contribution in [3.05, 3.63) is 83.8 Å². The van der Waals surface area contributed by atoms with Crippen LogP contribution in [-0.2, 0) is 11.3 Å². The molecule has 2 aromatic carbocycles. The first-order chi connectivity index (χ1) is 14.2. The van der Waals surface area contributed by atoms with Gasteiger partial charge >= 0.3 is 0 Å². The fourth-order valence-electron chi connectivity index (χ4n) is 2.54. The summed E-state index contributed by atoms with van der Waals surface area (Å²) in [5.41, 5.74) is 1.59. The topological polar surface area (TPSA) is 89.8 Å². The second-order valence-corrected chi connectivity index (χ2v) is 6.16. The van der Waals surface area contributed by atoms with Crippen molar-refractivity contribution < 1.29 is 23.5 Å². The van der Waals surface area contributed by atoms with E-state index in [9.17, 15) is 9.59 Å². The first-order valence-electron chi connectivity index (χ1n) is 9.09. The monoisotopic (exact) mass is 394 g/mol. The molecular weight excluding hydrogens is 372 g/mol. The standard InChI is InChI=1S/C22H22N2O5/c1-27-13-14-29-19-10-6-17(7-11-19)22(26)24-18-8-4-16(5-9-18)21(25)23-15-20-3-2-12-28-20/h2-12H,13-15H2,1H3,(H,23,25)(H,24,26). The van der Waals surface area contributed by atoms with Gasteiger partial charge in [-0.15, -0.1) is 0 Å². The molecule has 2 N–H and O–H groups in total. The second-order valence-electron chi connectivity index (χ2n) is 6.16. The number of carbonyl (C=O) groups is 2. The molecule has 2 amide bonds. The van der Waals surface area contributed by atoms with E-state index in [-0.39, 0.29) is 11.8 Å². The van der Waals surface area contributed by atoms with Crippen molar-refractivity contribution in [1.82, 2.24) is 5.32 Å². The lowest BCUT2D eigenvalue weighted by Gasteiger charge is -2.08. The number of carbonyl (C=O) groups excluding carboxylic acids is 2. The number of benzene rings is 2. The molecule has 0 aliphatic heterocycles. The summed E-state index contributed by atoms with van der Waals surface area (Å²) in [4.78, 5) is 24.5. The van der Waals surface area contributed by atoms with Crippen LogP contribution in [0.15, 0.2) is 71.3 Å². The van der Waals surface area contributed by atoms with Gasteiger partial charge < -0.3 is 24.5 Å². The number of rotatable bonds is 9. The van der Waals surface area contributed by atoms with Crippen molar-refractivity contribution in [3.63, 3.8) is 0 Å². The Kier molecular flexibility index (Phi) is 7.02. The van der Waals surface area contributed by atoms with Crippen LogP contribution < -0.4 is 15.4 Å². The molecule has 3 rings (SSSR count). The lowest BCUT2D eigenvalue weighted by atomic mass is 10.1. The van der Waals surface area contributed by atoms with Gasteiger partial charge in [0, 0.05) is 23.9 Å². The van der Waals surface area contributed by atoms with E-state index in [1.165, 1.54) is 0 Å². The molecule has 0 aliphatic rings. The molecule has 0 aliphatic carbocycles. The minimum absolute atomic E-state index is 0.219.